The average molecular weight is 400 g/mol. The second-order valence-corrected chi connectivity index (χ2v) is 8.39. The number of hydrogen-bond acceptors (Lipinski definition) is 4. The standard InChI is InChI=1S/C19H24F4N4O/c1-18(26-17(28)14-7-12(20)8-24-14)6-5-11-9-27(10-13(11)18)16-4-2-3-15(25-16)19(21,22)23/h2-4,11-14,24H,5-10H2,1H3,(H,26,28)/t11-,12-,13+,14+,18+/m1/s1. The van der Waals surface area contributed by atoms with Crippen LogP contribution in [0.4, 0.5) is 23.4 Å². The zero-order valence-electron chi connectivity index (χ0n) is 15.6. The van der Waals surface area contributed by atoms with Crippen molar-refractivity contribution in [1.29, 1.82) is 0 Å². The van der Waals surface area contributed by atoms with Crippen LogP contribution in [0.5, 0.6) is 0 Å². The van der Waals surface area contributed by atoms with E-state index in [1.807, 2.05) is 11.8 Å². The maximum atomic E-state index is 13.4. The van der Waals surface area contributed by atoms with Crippen molar-refractivity contribution in [2.45, 2.75) is 50.1 Å². The van der Waals surface area contributed by atoms with Crippen LogP contribution in [0.3, 0.4) is 0 Å². The summed E-state index contributed by atoms with van der Waals surface area (Å²) < 4.78 is 52.3. The molecule has 3 heterocycles. The number of alkyl halides is 4. The van der Waals surface area contributed by atoms with Crippen LogP contribution in [0.2, 0.25) is 0 Å². The van der Waals surface area contributed by atoms with E-state index in [4.69, 9.17) is 0 Å². The molecule has 0 spiro atoms. The number of carbonyl (C=O) groups is 1. The Labute approximate surface area is 160 Å². The molecule has 0 unspecified atom stereocenters. The molecule has 0 aromatic carbocycles. The van der Waals surface area contributed by atoms with Crippen LogP contribution in [0, 0.1) is 11.8 Å². The van der Waals surface area contributed by atoms with Crippen molar-refractivity contribution < 1.29 is 22.4 Å². The Balaban J connectivity index is 1.46. The molecule has 3 aliphatic rings. The molecule has 5 atom stereocenters. The Morgan fingerprint density at radius 3 is 2.82 bits per heavy atom. The number of carbonyl (C=O) groups excluding carboxylic acids is 1. The molecular formula is C19H24F4N4O. The molecule has 2 aliphatic heterocycles. The van der Waals surface area contributed by atoms with Crippen molar-refractivity contribution in [1.82, 2.24) is 15.6 Å². The maximum absolute atomic E-state index is 13.4. The smallest absolute Gasteiger partial charge is 0.356 e. The molecule has 1 saturated carbocycles. The minimum Gasteiger partial charge on any atom is -0.356 e. The van der Waals surface area contributed by atoms with Crippen molar-refractivity contribution in [3.8, 4) is 0 Å². The molecule has 9 heteroatoms. The normalized spacial score (nSPS) is 35.2. The number of rotatable bonds is 3. The molecule has 1 aromatic rings. The largest absolute Gasteiger partial charge is 0.433 e. The summed E-state index contributed by atoms with van der Waals surface area (Å²) in [5.74, 6) is 0.525. The summed E-state index contributed by atoms with van der Waals surface area (Å²) in [6, 6.07) is 3.42. The van der Waals surface area contributed by atoms with Crippen LogP contribution >= 0.6 is 0 Å². The molecule has 0 radical (unpaired) electrons. The minimum absolute atomic E-state index is 0.121. The van der Waals surface area contributed by atoms with Gasteiger partial charge in [-0.15, -0.1) is 0 Å². The molecule has 154 valence electrons. The third kappa shape index (κ3) is 3.56. The monoisotopic (exact) mass is 400 g/mol. The molecule has 2 N–H and O–H groups in total. The zero-order valence-corrected chi connectivity index (χ0v) is 15.6. The van der Waals surface area contributed by atoms with E-state index in [-0.39, 0.29) is 30.7 Å². The Morgan fingerprint density at radius 2 is 2.14 bits per heavy atom. The molecule has 28 heavy (non-hydrogen) atoms. The topological polar surface area (TPSA) is 57.3 Å². The molecule has 1 amide bonds. The fraction of sp³-hybridized carbons (Fsp3) is 0.684. The summed E-state index contributed by atoms with van der Waals surface area (Å²) in [6.07, 6.45) is -3.61. The second-order valence-electron chi connectivity index (χ2n) is 8.39. The highest BCUT2D eigenvalue weighted by Gasteiger charge is 2.51. The van der Waals surface area contributed by atoms with Gasteiger partial charge in [-0.1, -0.05) is 6.07 Å². The van der Waals surface area contributed by atoms with Gasteiger partial charge >= 0.3 is 6.18 Å². The van der Waals surface area contributed by atoms with E-state index in [1.54, 1.807) is 6.07 Å². The Bertz CT molecular complexity index is 758. The number of amides is 1. The van der Waals surface area contributed by atoms with E-state index in [0.29, 0.717) is 18.9 Å². The lowest BCUT2D eigenvalue weighted by molar-refractivity contribution is -0.141. The highest BCUT2D eigenvalue weighted by atomic mass is 19.4. The van der Waals surface area contributed by atoms with Gasteiger partial charge in [-0.25, -0.2) is 9.37 Å². The SMILES string of the molecule is C[C@]1(NC(=O)[C@@H]2C[C@@H](F)CN2)CC[C@@H]2CN(c3cccc(C(F)(F)F)n3)C[C@@H]21. The van der Waals surface area contributed by atoms with E-state index in [9.17, 15) is 22.4 Å². The number of fused-ring (bicyclic) bond motifs is 1. The summed E-state index contributed by atoms with van der Waals surface area (Å²) in [5.41, 5.74) is -1.35. The first-order valence-corrected chi connectivity index (χ1v) is 9.64. The Morgan fingerprint density at radius 1 is 1.36 bits per heavy atom. The van der Waals surface area contributed by atoms with Crippen molar-refractivity contribution in [2.24, 2.45) is 11.8 Å². The molecule has 2 saturated heterocycles. The fourth-order valence-corrected chi connectivity index (χ4v) is 4.92. The van der Waals surface area contributed by atoms with E-state index in [1.165, 1.54) is 6.07 Å². The lowest BCUT2D eigenvalue weighted by Gasteiger charge is -2.34. The maximum Gasteiger partial charge on any atom is 0.433 e. The van der Waals surface area contributed by atoms with Gasteiger partial charge in [0, 0.05) is 37.5 Å². The highest BCUT2D eigenvalue weighted by molar-refractivity contribution is 5.83. The van der Waals surface area contributed by atoms with Gasteiger partial charge in [0.1, 0.15) is 17.7 Å². The molecule has 3 fully saturated rings. The Kier molecular flexibility index (Phi) is 4.76. The summed E-state index contributed by atoms with van der Waals surface area (Å²) in [6.45, 7) is 3.34. The molecule has 4 rings (SSSR count). The quantitative estimate of drug-likeness (QED) is 0.766. The number of nitrogens with zero attached hydrogens (tertiary/aromatic N) is 2. The minimum atomic E-state index is -4.48. The highest BCUT2D eigenvalue weighted by Crippen LogP contribution is 2.46. The lowest BCUT2D eigenvalue weighted by Crippen LogP contribution is -2.55. The first kappa shape index (κ1) is 19.4. The molecule has 0 bridgehead atoms. The van der Waals surface area contributed by atoms with Gasteiger partial charge in [0.25, 0.3) is 0 Å². The van der Waals surface area contributed by atoms with Crippen LogP contribution < -0.4 is 15.5 Å². The first-order valence-electron chi connectivity index (χ1n) is 9.64. The molecular weight excluding hydrogens is 376 g/mol. The van der Waals surface area contributed by atoms with Gasteiger partial charge in [0.05, 0.1) is 6.04 Å². The van der Waals surface area contributed by atoms with E-state index < -0.39 is 29.6 Å². The lowest BCUT2D eigenvalue weighted by atomic mass is 9.86. The molecule has 1 aromatic heterocycles. The van der Waals surface area contributed by atoms with Gasteiger partial charge in [-0.2, -0.15) is 13.2 Å². The molecule has 5 nitrogen and oxygen atoms in total. The third-order valence-corrected chi connectivity index (χ3v) is 6.45. The van der Waals surface area contributed by atoms with Crippen LogP contribution in [-0.4, -0.2) is 48.3 Å². The number of aromatic nitrogens is 1. The second kappa shape index (κ2) is 6.86. The molecule has 1 aliphatic carbocycles. The summed E-state index contributed by atoms with van der Waals surface area (Å²) >= 11 is 0. The van der Waals surface area contributed by atoms with Crippen LogP contribution in [0.1, 0.15) is 31.9 Å². The summed E-state index contributed by atoms with van der Waals surface area (Å²) in [5, 5.41) is 6.00. The van der Waals surface area contributed by atoms with Crippen molar-refractivity contribution >= 4 is 11.7 Å². The van der Waals surface area contributed by atoms with E-state index in [2.05, 4.69) is 15.6 Å². The van der Waals surface area contributed by atoms with Crippen molar-refractivity contribution in [2.75, 3.05) is 24.5 Å². The predicted octanol–water partition coefficient (Wildman–Crippen LogP) is 2.52. The third-order valence-electron chi connectivity index (χ3n) is 6.45. The van der Waals surface area contributed by atoms with E-state index >= 15 is 0 Å². The summed E-state index contributed by atoms with van der Waals surface area (Å²) in [4.78, 5) is 18.2. The van der Waals surface area contributed by atoms with Crippen LogP contribution in [-0.2, 0) is 11.0 Å². The number of nitrogens with one attached hydrogen (secondary N) is 2. The van der Waals surface area contributed by atoms with Crippen molar-refractivity contribution in [3.63, 3.8) is 0 Å². The summed E-state index contributed by atoms with van der Waals surface area (Å²) in [7, 11) is 0. The van der Waals surface area contributed by atoms with Crippen LogP contribution in [0.15, 0.2) is 18.2 Å². The van der Waals surface area contributed by atoms with Gasteiger partial charge in [-0.05, 0) is 37.8 Å². The first-order chi connectivity index (χ1) is 13.2. The number of anilines is 1. The zero-order chi connectivity index (χ0) is 20.1. The predicted molar refractivity (Wildman–Crippen MR) is 95.5 cm³/mol. The van der Waals surface area contributed by atoms with Gasteiger partial charge in [-0.3, -0.25) is 4.79 Å². The fourth-order valence-electron chi connectivity index (χ4n) is 4.92. The number of halogens is 4. The average Bonchev–Trinajstić information content (AvgIpc) is 3.32. The number of hydrogen-bond donors (Lipinski definition) is 2. The number of pyridine rings is 1. The van der Waals surface area contributed by atoms with Crippen LogP contribution in [0.25, 0.3) is 0 Å². The van der Waals surface area contributed by atoms with Gasteiger partial charge < -0.3 is 15.5 Å². The van der Waals surface area contributed by atoms with Crippen molar-refractivity contribution in [3.05, 3.63) is 23.9 Å². The Hall–Kier alpha value is -1.90. The van der Waals surface area contributed by atoms with E-state index in [0.717, 1.165) is 18.9 Å². The van der Waals surface area contributed by atoms with Gasteiger partial charge in [0.15, 0.2) is 0 Å². The van der Waals surface area contributed by atoms with Gasteiger partial charge in [0.2, 0.25) is 5.91 Å².